The lowest BCUT2D eigenvalue weighted by molar-refractivity contribution is 0.603. The second-order valence-corrected chi connectivity index (χ2v) is 13.9. The number of hydrogen-bond donors (Lipinski definition) is 0. The maximum atomic E-state index is 13.5. The highest BCUT2D eigenvalue weighted by Gasteiger charge is 2.20. The van der Waals surface area contributed by atoms with Gasteiger partial charge in [0.25, 0.3) is 0 Å². The molecular formula is C36H28NO2PS. The van der Waals surface area contributed by atoms with E-state index in [4.69, 9.17) is 0 Å². The van der Waals surface area contributed by atoms with Gasteiger partial charge in [0.15, 0.2) is 0 Å². The van der Waals surface area contributed by atoms with E-state index < -0.39 is 17.8 Å². The summed E-state index contributed by atoms with van der Waals surface area (Å²) in [5.41, 5.74) is 3.04. The topological polar surface area (TPSA) is 39.1 Å². The van der Waals surface area contributed by atoms with Crippen LogP contribution in [0.5, 0.6) is 0 Å². The first-order valence-electron chi connectivity index (χ1n) is 13.2. The zero-order chi connectivity index (χ0) is 28.4. The van der Waals surface area contributed by atoms with Crippen molar-refractivity contribution in [2.75, 3.05) is 0 Å². The summed E-state index contributed by atoms with van der Waals surface area (Å²) >= 11 is 0. The fraction of sp³-hybridized carbons (Fsp3) is 0. The van der Waals surface area contributed by atoms with Crippen LogP contribution in [0.3, 0.4) is 0 Å². The van der Waals surface area contributed by atoms with E-state index in [0.717, 1.165) is 43.4 Å². The van der Waals surface area contributed by atoms with Crippen molar-refractivity contribution >= 4 is 50.2 Å². The van der Waals surface area contributed by atoms with Crippen LogP contribution in [0.1, 0.15) is 0 Å². The second-order valence-electron chi connectivity index (χ2n) is 9.66. The van der Waals surface area contributed by atoms with Gasteiger partial charge in [-0.3, -0.25) is 0 Å². The quantitative estimate of drug-likeness (QED) is 0.137. The van der Waals surface area contributed by atoms with E-state index in [-0.39, 0.29) is 9.80 Å². The van der Waals surface area contributed by atoms with Crippen LogP contribution < -0.4 is 10.6 Å². The van der Waals surface area contributed by atoms with Gasteiger partial charge >= 0.3 is 0 Å². The highest BCUT2D eigenvalue weighted by Crippen LogP contribution is 2.42. The third kappa shape index (κ3) is 5.09. The standard InChI is InChI=1S/C36H28NO2PS/c1-27(40(30-13-5-3-6-14-30)31-15-7-4-8-16-31)21-22-28(2)41(38,39)32-25-23-29(24-26-32)37-35-19-11-9-17-33(35)34-18-10-12-20-36(34)37/h3-26H,1-2H2/b22-21-. The maximum Gasteiger partial charge on any atom is 0.206 e. The molecule has 0 aliphatic heterocycles. The zero-order valence-electron chi connectivity index (χ0n) is 22.4. The summed E-state index contributed by atoms with van der Waals surface area (Å²) in [6, 6.07) is 43.9. The molecule has 0 saturated carbocycles. The molecule has 0 unspecified atom stereocenters. The predicted molar refractivity (Wildman–Crippen MR) is 174 cm³/mol. The number of aromatic nitrogens is 1. The van der Waals surface area contributed by atoms with Crippen molar-refractivity contribution in [2.45, 2.75) is 4.90 Å². The molecule has 0 aliphatic carbocycles. The Morgan fingerprint density at radius 1 is 0.585 bits per heavy atom. The lowest BCUT2D eigenvalue weighted by Gasteiger charge is -2.19. The minimum absolute atomic E-state index is 0.0272. The van der Waals surface area contributed by atoms with E-state index in [9.17, 15) is 8.42 Å². The summed E-state index contributed by atoms with van der Waals surface area (Å²) in [6.07, 6.45) is 3.36. The summed E-state index contributed by atoms with van der Waals surface area (Å²) in [7, 11) is -4.69. The van der Waals surface area contributed by atoms with Crippen LogP contribution in [-0.2, 0) is 9.84 Å². The monoisotopic (exact) mass is 569 g/mol. The molecule has 1 heterocycles. The van der Waals surface area contributed by atoms with Crippen molar-refractivity contribution in [3.8, 4) is 5.69 Å². The van der Waals surface area contributed by atoms with Crippen LogP contribution in [0.2, 0.25) is 0 Å². The van der Waals surface area contributed by atoms with Crippen LogP contribution in [-0.4, -0.2) is 13.0 Å². The molecule has 5 heteroatoms. The lowest BCUT2D eigenvalue weighted by Crippen LogP contribution is -2.12. The summed E-state index contributed by atoms with van der Waals surface area (Å²) in [4.78, 5) is 0.231. The van der Waals surface area contributed by atoms with Crippen molar-refractivity contribution in [3.63, 3.8) is 0 Å². The van der Waals surface area contributed by atoms with Crippen LogP contribution in [0, 0.1) is 0 Å². The maximum absolute atomic E-state index is 13.5. The number of benzene rings is 5. The molecule has 1 aromatic heterocycles. The molecule has 3 nitrogen and oxygen atoms in total. The molecule has 0 aliphatic rings. The van der Waals surface area contributed by atoms with Gasteiger partial charge in [-0.25, -0.2) is 8.42 Å². The van der Waals surface area contributed by atoms with Crippen LogP contribution >= 0.6 is 7.92 Å². The first-order valence-corrected chi connectivity index (χ1v) is 16.1. The molecule has 5 aromatic carbocycles. The number of allylic oxidation sites excluding steroid dienone is 3. The van der Waals surface area contributed by atoms with Crippen molar-refractivity contribution in [3.05, 3.63) is 169 Å². The Kier molecular flexibility index (Phi) is 7.28. The Hall–Kier alpha value is -4.50. The van der Waals surface area contributed by atoms with Crippen LogP contribution in [0.4, 0.5) is 0 Å². The van der Waals surface area contributed by atoms with Gasteiger partial charge in [0.1, 0.15) is 0 Å². The summed E-state index contributed by atoms with van der Waals surface area (Å²) in [5, 5.41) is 5.46. The van der Waals surface area contributed by atoms with Gasteiger partial charge in [-0.15, -0.1) is 0 Å². The Balaban J connectivity index is 1.28. The van der Waals surface area contributed by atoms with Crippen molar-refractivity contribution in [1.29, 1.82) is 0 Å². The van der Waals surface area contributed by atoms with Gasteiger partial charge in [0, 0.05) is 16.5 Å². The SMILES string of the molecule is C=C(/C=C\C(=C)S(=O)(=O)c1ccc(-n2c3ccccc3c3ccccc32)cc1)P(c1ccccc1)c1ccccc1. The molecule has 0 bridgehead atoms. The fourth-order valence-corrected chi connectivity index (χ4v) is 8.28. The summed E-state index contributed by atoms with van der Waals surface area (Å²) in [5.74, 6) is 0. The largest absolute Gasteiger partial charge is 0.309 e. The fourth-order valence-electron chi connectivity index (χ4n) is 5.11. The second kappa shape index (κ2) is 11.2. The molecule has 0 spiro atoms. The molecule has 0 N–H and O–H groups in total. The number of rotatable bonds is 8. The molecule has 6 rings (SSSR count). The molecule has 41 heavy (non-hydrogen) atoms. The van der Waals surface area contributed by atoms with Gasteiger partial charge in [-0.1, -0.05) is 116 Å². The van der Waals surface area contributed by atoms with Gasteiger partial charge < -0.3 is 4.57 Å². The van der Waals surface area contributed by atoms with Gasteiger partial charge in [0.2, 0.25) is 9.84 Å². The summed E-state index contributed by atoms with van der Waals surface area (Å²) in [6.45, 7) is 8.25. The average Bonchev–Trinajstić information content (AvgIpc) is 3.35. The van der Waals surface area contributed by atoms with E-state index >= 15 is 0 Å². The molecule has 0 amide bonds. The van der Waals surface area contributed by atoms with Crippen molar-refractivity contribution in [2.24, 2.45) is 0 Å². The summed E-state index contributed by atoms with van der Waals surface area (Å²) < 4.78 is 29.2. The highest BCUT2D eigenvalue weighted by atomic mass is 32.2. The molecule has 0 fully saturated rings. The molecule has 0 radical (unpaired) electrons. The van der Waals surface area contributed by atoms with E-state index in [1.165, 1.54) is 0 Å². The first kappa shape index (κ1) is 26.7. The van der Waals surface area contributed by atoms with Gasteiger partial charge in [-0.2, -0.15) is 0 Å². The number of fused-ring (bicyclic) bond motifs is 3. The van der Waals surface area contributed by atoms with E-state index in [0.29, 0.717) is 0 Å². The molecule has 0 atom stereocenters. The number of para-hydroxylation sites is 2. The average molecular weight is 570 g/mol. The smallest absolute Gasteiger partial charge is 0.206 e. The Labute approximate surface area is 242 Å². The number of sulfone groups is 1. The Morgan fingerprint density at radius 2 is 1.05 bits per heavy atom. The van der Waals surface area contributed by atoms with E-state index in [1.807, 2.05) is 72.8 Å². The van der Waals surface area contributed by atoms with Gasteiger partial charge in [-0.05, 0) is 66.3 Å². The number of hydrogen-bond acceptors (Lipinski definition) is 2. The highest BCUT2D eigenvalue weighted by molar-refractivity contribution is 7.95. The Bertz CT molecular complexity index is 1930. The van der Waals surface area contributed by atoms with Crippen molar-refractivity contribution < 1.29 is 8.42 Å². The first-order chi connectivity index (χ1) is 19.9. The van der Waals surface area contributed by atoms with E-state index in [2.05, 4.69) is 66.3 Å². The van der Waals surface area contributed by atoms with Crippen molar-refractivity contribution in [1.82, 2.24) is 4.57 Å². The molecule has 6 aromatic rings. The number of nitrogens with zero attached hydrogens (tertiary/aromatic N) is 1. The van der Waals surface area contributed by atoms with Gasteiger partial charge in [0.05, 0.1) is 20.8 Å². The van der Waals surface area contributed by atoms with E-state index in [1.54, 1.807) is 24.3 Å². The molecular weight excluding hydrogens is 541 g/mol. The Morgan fingerprint density at radius 3 is 1.56 bits per heavy atom. The van der Waals surface area contributed by atoms with Crippen LogP contribution in [0.15, 0.2) is 174 Å². The minimum atomic E-state index is -3.78. The third-order valence-corrected chi connectivity index (χ3v) is 11.2. The minimum Gasteiger partial charge on any atom is -0.309 e. The zero-order valence-corrected chi connectivity index (χ0v) is 24.1. The molecule has 200 valence electrons. The normalized spacial score (nSPS) is 11.9. The third-order valence-electron chi connectivity index (χ3n) is 7.11. The molecule has 0 saturated heterocycles. The predicted octanol–water partition coefficient (Wildman–Crippen LogP) is 8.27. The van der Waals surface area contributed by atoms with Crippen LogP contribution in [0.25, 0.3) is 27.5 Å². The lowest BCUT2D eigenvalue weighted by atomic mass is 10.2.